The van der Waals surface area contributed by atoms with Crippen LogP contribution >= 0.6 is 0 Å². The van der Waals surface area contributed by atoms with Gasteiger partial charge in [0.25, 0.3) is 0 Å². The second-order valence-electron chi connectivity index (χ2n) is 4.39. The van der Waals surface area contributed by atoms with Crippen molar-refractivity contribution >= 4 is 17.9 Å². The first-order valence-corrected chi connectivity index (χ1v) is 6.60. The number of carbonyl (C=O) groups excluding carboxylic acids is 2. The van der Waals surface area contributed by atoms with Crippen molar-refractivity contribution in [2.75, 3.05) is 13.2 Å². The smallest absolute Gasteiger partial charge is 0.248 e. The van der Waals surface area contributed by atoms with E-state index in [-0.39, 0.29) is 12.5 Å². The van der Waals surface area contributed by atoms with E-state index < -0.39 is 5.91 Å². The molecule has 1 aromatic carbocycles. The maximum Gasteiger partial charge on any atom is 0.248 e. The van der Waals surface area contributed by atoms with Crippen LogP contribution in [0.4, 0.5) is 0 Å². The summed E-state index contributed by atoms with van der Waals surface area (Å²) in [6, 6.07) is 6.69. The lowest BCUT2D eigenvalue weighted by Gasteiger charge is -2.01. The summed E-state index contributed by atoms with van der Waals surface area (Å²) in [5.74, 6) is -0.630. The van der Waals surface area contributed by atoms with Crippen molar-refractivity contribution in [3.63, 3.8) is 0 Å². The van der Waals surface area contributed by atoms with Crippen LogP contribution in [0.3, 0.4) is 0 Å². The lowest BCUT2D eigenvalue weighted by atomic mass is 10.1. The normalized spacial score (nSPS) is 10.7. The molecule has 1 rings (SSSR count). The van der Waals surface area contributed by atoms with Crippen molar-refractivity contribution in [3.8, 4) is 0 Å². The summed E-state index contributed by atoms with van der Waals surface area (Å²) in [6.07, 6.45) is 5.64. The lowest BCUT2D eigenvalue weighted by molar-refractivity contribution is -0.116. The first-order chi connectivity index (χ1) is 9.63. The maximum atomic E-state index is 11.5. The number of carbonyl (C=O) groups is 2. The minimum Gasteiger partial charge on any atom is -0.396 e. The van der Waals surface area contributed by atoms with Crippen molar-refractivity contribution in [2.45, 2.75) is 19.3 Å². The quantitative estimate of drug-likeness (QED) is 0.490. The molecule has 0 saturated heterocycles. The third kappa shape index (κ3) is 6.15. The van der Waals surface area contributed by atoms with Crippen molar-refractivity contribution in [1.29, 1.82) is 0 Å². The number of benzene rings is 1. The van der Waals surface area contributed by atoms with Gasteiger partial charge in [0.05, 0.1) is 0 Å². The summed E-state index contributed by atoms with van der Waals surface area (Å²) in [7, 11) is 0. The summed E-state index contributed by atoms with van der Waals surface area (Å²) in [5.41, 5.74) is 6.40. The molecule has 20 heavy (non-hydrogen) atoms. The second kappa shape index (κ2) is 8.87. The highest BCUT2D eigenvalue weighted by atomic mass is 16.2. The fourth-order valence-corrected chi connectivity index (χ4v) is 1.61. The summed E-state index contributed by atoms with van der Waals surface area (Å²) < 4.78 is 0. The highest BCUT2D eigenvalue weighted by Gasteiger charge is 1.99. The van der Waals surface area contributed by atoms with Crippen LogP contribution in [0, 0.1) is 0 Å². The van der Waals surface area contributed by atoms with Crippen LogP contribution in [0.25, 0.3) is 6.08 Å². The Morgan fingerprint density at radius 1 is 1.15 bits per heavy atom. The van der Waals surface area contributed by atoms with Gasteiger partial charge in [-0.25, -0.2) is 0 Å². The molecule has 5 nitrogen and oxygen atoms in total. The van der Waals surface area contributed by atoms with Crippen LogP contribution in [-0.4, -0.2) is 30.1 Å². The van der Waals surface area contributed by atoms with Gasteiger partial charge in [-0.1, -0.05) is 12.1 Å². The minimum atomic E-state index is -0.471. The summed E-state index contributed by atoms with van der Waals surface area (Å²) in [6.45, 7) is 0.791. The Morgan fingerprint density at radius 3 is 2.45 bits per heavy atom. The van der Waals surface area contributed by atoms with Gasteiger partial charge in [-0.15, -0.1) is 0 Å². The van der Waals surface area contributed by atoms with Crippen LogP contribution in [0.1, 0.15) is 35.2 Å². The van der Waals surface area contributed by atoms with E-state index in [9.17, 15) is 9.59 Å². The fourth-order valence-electron chi connectivity index (χ4n) is 1.61. The average molecular weight is 276 g/mol. The second-order valence-corrected chi connectivity index (χ2v) is 4.39. The van der Waals surface area contributed by atoms with Crippen LogP contribution in [0.15, 0.2) is 30.3 Å². The van der Waals surface area contributed by atoms with Crippen molar-refractivity contribution < 1.29 is 14.7 Å². The largest absolute Gasteiger partial charge is 0.396 e. The summed E-state index contributed by atoms with van der Waals surface area (Å²) in [4.78, 5) is 22.4. The van der Waals surface area contributed by atoms with Crippen LogP contribution in [0.5, 0.6) is 0 Å². The topological polar surface area (TPSA) is 92.4 Å². The number of aliphatic hydroxyl groups is 1. The van der Waals surface area contributed by atoms with Gasteiger partial charge >= 0.3 is 0 Å². The Morgan fingerprint density at radius 2 is 1.85 bits per heavy atom. The standard InChI is InChI=1S/C15H20N2O3/c16-15(20)13-7-4-12(5-8-13)6-9-14(19)17-10-2-1-3-11-18/h4-9,18H,1-3,10-11H2,(H2,16,20)(H,17,19)/b9-6+. The molecule has 0 radical (unpaired) electrons. The molecule has 0 fully saturated rings. The number of hydrogen-bond donors (Lipinski definition) is 3. The summed E-state index contributed by atoms with van der Waals surface area (Å²) in [5, 5.41) is 11.4. The number of nitrogens with one attached hydrogen (secondary N) is 1. The van der Waals surface area contributed by atoms with E-state index >= 15 is 0 Å². The molecule has 0 unspecified atom stereocenters. The van der Waals surface area contributed by atoms with Gasteiger partial charge < -0.3 is 16.2 Å². The predicted molar refractivity (Wildman–Crippen MR) is 77.9 cm³/mol. The summed E-state index contributed by atoms with van der Waals surface area (Å²) >= 11 is 0. The molecule has 4 N–H and O–H groups in total. The third-order valence-corrected chi connectivity index (χ3v) is 2.76. The zero-order valence-electron chi connectivity index (χ0n) is 11.3. The van der Waals surface area contributed by atoms with Crippen LogP contribution in [0.2, 0.25) is 0 Å². The number of primary amides is 1. The zero-order chi connectivity index (χ0) is 14.8. The molecular weight excluding hydrogens is 256 g/mol. The number of nitrogens with two attached hydrogens (primary N) is 1. The average Bonchev–Trinajstić information content (AvgIpc) is 2.45. The van der Waals surface area contributed by atoms with E-state index in [1.54, 1.807) is 30.3 Å². The number of unbranched alkanes of at least 4 members (excludes halogenated alkanes) is 2. The number of aliphatic hydroxyl groups excluding tert-OH is 1. The van der Waals surface area contributed by atoms with Crippen LogP contribution < -0.4 is 11.1 Å². The molecule has 5 heteroatoms. The molecule has 0 aromatic heterocycles. The van der Waals surface area contributed by atoms with Crippen LogP contribution in [-0.2, 0) is 4.79 Å². The highest BCUT2D eigenvalue weighted by Crippen LogP contribution is 2.05. The molecule has 0 saturated carbocycles. The molecule has 0 bridgehead atoms. The van der Waals surface area contributed by atoms with E-state index in [1.807, 2.05) is 0 Å². The fraction of sp³-hybridized carbons (Fsp3) is 0.333. The van der Waals surface area contributed by atoms with Gasteiger partial charge in [-0.2, -0.15) is 0 Å². The van der Waals surface area contributed by atoms with Gasteiger partial charge in [0, 0.05) is 24.8 Å². The van der Waals surface area contributed by atoms with Gasteiger partial charge in [-0.3, -0.25) is 9.59 Å². The van der Waals surface area contributed by atoms with E-state index in [4.69, 9.17) is 10.8 Å². The Balaban J connectivity index is 2.35. The van der Waals surface area contributed by atoms with E-state index in [1.165, 1.54) is 6.08 Å². The lowest BCUT2D eigenvalue weighted by Crippen LogP contribution is -2.22. The van der Waals surface area contributed by atoms with Gasteiger partial charge in [-0.05, 0) is 43.0 Å². The van der Waals surface area contributed by atoms with E-state index in [0.29, 0.717) is 12.1 Å². The number of amides is 2. The monoisotopic (exact) mass is 276 g/mol. The molecule has 0 spiro atoms. The van der Waals surface area contributed by atoms with E-state index in [2.05, 4.69) is 5.32 Å². The molecule has 0 atom stereocenters. The van der Waals surface area contributed by atoms with Gasteiger partial charge in [0.1, 0.15) is 0 Å². The molecule has 0 aliphatic carbocycles. The molecule has 1 aromatic rings. The molecule has 0 heterocycles. The first kappa shape index (κ1) is 15.9. The van der Waals surface area contributed by atoms with Crippen molar-refractivity contribution in [3.05, 3.63) is 41.5 Å². The third-order valence-electron chi connectivity index (χ3n) is 2.76. The Hall–Kier alpha value is -2.14. The molecule has 2 amide bonds. The van der Waals surface area contributed by atoms with Crippen molar-refractivity contribution in [2.24, 2.45) is 5.73 Å². The first-order valence-electron chi connectivity index (χ1n) is 6.60. The molecule has 108 valence electrons. The maximum absolute atomic E-state index is 11.5. The minimum absolute atomic E-state index is 0.159. The molecule has 0 aliphatic heterocycles. The zero-order valence-corrected chi connectivity index (χ0v) is 11.3. The Labute approximate surface area is 118 Å². The Bertz CT molecular complexity index is 467. The van der Waals surface area contributed by atoms with E-state index in [0.717, 1.165) is 24.8 Å². The predicted octanol–water partition coefficient (Wildman–Crippen LogP) is 1.08. The Kier molecular flexibility index (Phi) is 7.06. The van der Waals surface area contributed by atoms with Gasteiger partial charge in [0.15, 0.2) is 0 Å². The molecule has 0 aliphatic rings. The molecular formula is C15H20N2O3. The van der Waals surface area contributed by atoms with Crippen molar-refractivity contribution in [1.82, 2.24) is 5.32 Å². The highest BCUT2D eigenvalue weighted by molar-refractivity contribution is 5.94. The number of rotatable bonds is 8. The number of hydrogen-bond acceptors (Lipinski definition) is 3. The van der Waals surface area contributed by atoms with Gasteiger partial charge in [0.2, 0.25) is 11.8 Å². The SMILES string of the molecule is NC(=O)c1ccc(/C=C/C(=O)NCCCCCO)cc1.